The number of allylic oxidation sites excluding steroid dienone is 4. The third kappa shape index (κ3) is 5.94. The lowest BCUT2D eigenvalue weighted by Crippen LogP contribution is -2.33. The van der Waals surface area contributed by atoms with Crippen molar-refractivity contribution in [3.05, 3.63) is 82.7 Å². The van der Waals surface area contributed by atoms with Gasteiger partial charge in [0.05, 0.1) is 29.2 Å². The number of halogens is 3. The molecule has 1 aliphatic rings. The Hall–Kier alpha value is -4.45. The van der Waals surface area contributed by atoms with Gasteiger partial charge < -0.3 is 14.5 Å². The molecule has 42 heavy (non-hydrogen) atoms. The van der Waals surface area contributed by atoms with Gasteiger partial charge in [0.25, 0.3) is 11.4 Å². The number of aromatic nitrogens is 5. The number of carbonyl (C=O) groups is 1. The van der Waals surface area contributed by atoms with Crippen LogP contribution in [0.1, 0.15) is 62.9 Å². The van der Waals surface area contributed by atoms with Crippen LogP contribution in [-0.4, -0.2) is 42.6 Å². The number of carbonyl (C=O) groups excluding carboxylic acids is 1. The number of hydrogen-bond donors (Lipinski definition) is 1. The summed E-state index contributed by atoms with van der Waals surface area (Å²) in [5, 5.41) is 10.1. The summed E-state index contributed by atoms with van der Waals surface area (Å²) in [5.41, 5.74) is 2.54. The maximum Gasteiger partial charge on any atom is 0.314 e. The van der Waals surface area contributed by atoms with E-state index in [1.165, 1.54) is 23.9 Å². The van der Waals surface area contributed by atoms with Crippen molar-refractivity contribution in [1.82, 2.24) is 24.7 Å². The first-order valence-corrected chi connectivity index (χ1v) is 13.5. The third-order valence-electron chi connectivity index (χ3n) is 6.83. The third-order valence-corrected chi connectivity index (χ3v) is 7.09. The highest BCUT2D eigenvalue weighted by molar-refractivity contribution is 6.26. The zero-order valence-electron chi connectivity index (χ0n) is 23.0. The molecule has 3 heterocycles. The van der Waals surface area contributed by atoms with Crippen molar-refractivity contribution in [2.24, 2.45) is 0 Å². The van der Waals surface area contributed by atoms with Crippen LogP contribution >= 0.6 is 11.6 Å². The smallest absolute Gasteiger partial charge is 0.314 e. The maximum absolute atomic E-state index is 13.6. The fourth-order valence-electron chi connectivity index (χ4n) is 4.84. The Labute approximate surface area is 244 Å². The fraction of sp³-hybridized carbons (Fsp3) is 0.310. The zero-order chi connectivity index (χ0) is 30.0. The van der Waals surface area contributed by atoms with E-state index in [9.17, 15) is 18.4 Å². The minimum Gasteiger partial charge on any atom is -0.495 e. The molecule has 0 radical (unpaired) electrons. The summed E-state index contributed by atoms with van der Waals surface area (Å²) in [5.74, 6) is -1.08. The van der Waals surface area contributed by atoms with Crippen molar-refractivity contribution >= 4 is 45.4 Å². The number of nitrogens with one attached hydrogen (secondary N) is 1. The fourth-order valence-corrected chi connectivity index (χ4v) is 5.03. The van der Waals surface area contributed by atoms with Crippen LogP contribution in [0.25, 0.3) is 22.2 Å². The molecule has 1 aliphatic carbocycles. The molecule has 2 unspecified atom stereocenters. The Morgan fingerprint density at radius 3 is 2.67 bits per heavy atom. The number of hydrogen-bond acceptors (Lipinski definition) is 8. The van der Waals surface area contributed by atoms with Crippen molar-refractivity contribution in [2.45, 2.75) is 50.5 Å². The van der Waals surface area contributed by atoms with Crippen molar-refractivity contribution in [3.63, 3.8) is 0 Å². The van der Waals surface area contributed by atoms with Gasteiger partial charge in [0.1, 0.15) is 11.8 Å². The molecule has 3 aromatic heterocycles. The predicted molar refractivity (Wildman–Crippen MR) is 153 cm³/mol. The molecule has 0 aliphatic heterocycles. The minimum absolute atomic E-state index is 0.140. The van der Waals surface area contributed by atoms with E-state index in [-0.39, 0.29) is 18.1 Å². The second-order valence-corrected chi connectivity index (χ2v) is 10.8. The molecule has 0 spiro atoms. The van der Waals surface area contributed by atoms with Crippen molar-refractivity contribution < 1.29 is 22.7 Å². The van der Waals surface area contributed by atoms with Gasteiger partial charge in [-0.2, -0.15) is 8.78 Å². The molecule has 0 saturated heterocycles. The molecule has 1 amide bonds. The molecule has 218 valence electrons. The second-order valence-electron chi connectivity index (χ2n) is 9.98. The van der Waals surface area contributed by atoms with E-state index in [1.54, 1.807) is 49.7 Å². The molecule has 0 fully saturated rings. The van der Waals surface area contributed by atoms with Gasteiger partial charge in [-0.1, -0.05) is 25.5 Å². The number of rotatable bonds is 9. The van der Waals surface area contributed by atoms with E-state index in [2.05, 4.69) is 25.5 Å². The number of alkyl halides is 3. The van der Waals surface area contributed by atoms with Crippen LogP contribution in [0.3, 0.4) is 0 Å². The predicted octanol–water partition coefficient (Wildman–Crippen LogP) is 5.97. The van der Waals surface area contributed by atoms with Crippen LogP contribution in [0.2, 0.25) is 0 Å². The number of methoxy groups -OCH3 is 1. The van der Waals surface area contributed by atoms with Gasteiger partial charge in [-0.15, -0.1) is 21.8 Å². The second kappa shape index (κ2) is 11.8. The molecule has 1 aromatic carbocycles. The summed E-state index contributed by atoms with van der Waals surface area (Å²) in [6.45, 7) is 3.68. The largest absolute Gasteiger partial charge is 0.495 e. The maximum atomic E-state index is 13.6. The van der Waals surface area contributed by atoms with Crippen LogP contribution in [0, 0.1) is 0 Å². The number of pyridine rings is 1. The van der Waals surface area contributed by atoms with Crippen molar-refractivity contribution in [3.8, 4) is 5.75 Å². The van der Waals surface area contributed by atoms with Crippen LogP contribution < -0.4 is 15.6 Å². The first-order valence-electron chi connectivity index (χ1n) is 13.2. The molecule has 4 aromatic rings. The molecule has 5 rings (SSSR count). The number of anilines is 1. The van der Waals surface area contributed by atoms with Crippen molar-refractivity contribution in [2.75, 3.05) is 12.4 Å². The molecular formula is C29H27ClF2N6O4. The normalized spacial score (nSPS) is 17.6. The Morgan fingerprint density at radius 2 is 1.98 bits per heavy atom. The van der Waals surface area contributed by atoms with Gasteiger partial charge in [0.15, 0.2) is 0 Å². The average molecular weight is 597 g/mol. The number of nitrogens with zero attached hydrogens (tertiary/aromatic N) is 5. The number of amides is 1. The summed E-state index contributed by atoms with van der Waals surface area (Å²) in [6.07, 6.45) is 6.15. The molecule has 2 atom stereocenters. The lowest BCUT2D eigenvalue weighted by Gasteiger charge is -2.27. The Balaban J connectivity index is 1.55. The van der Waals surface area contributed by atoms with Crippen LogP contribution in [-0.2, 0) is 4.79 Å². The van der Waals surface area contributed by atoms with Crippen LogP contribution in [0.5, 0.6) is 5.75 Å². The average Bonchev–Trinajstić information content (AvgIpc) is 3.46. The molecule has 0 saturated carbocycles. The van der Waals surface area contributed by atoms with Gasteiger partial charge in [-0.25, -0.2) is 0 Å². The van der Waals surface area contributed by atoms with Gasteiger partial charge in [-0.3, -0.25) is 24.1 Å². The number of fused-ring (bicyclic) bond motifs is 1. The molecular weight excluding hydrogens is 570 g/mol. The van der Waals surface area contributed by atoms with E-state index in [1.807, 2.05) is 6.92 Å². The summed E-state index contributed by atoms with van der Waals surface area (Å²) in [4.78, 5) is 34.7. The highest BCUT2D eigenvalue weighted by Crippen LogP contribution is 2.43. The Morgan fingerprint density at radius 1 is 1.21 bits per heavy atom. The Kier molecular flexibility index (Phi) is 8.17. The van der Waals surface area contributed by atoms with Crippen LogP contribution in [0.15, 0.2) is 64.2 Å². The molecule has 10 nitrogen and oxygen atoms in total. The SMILES string of the molecule is CCCC(C(=O)Nc1ccc2nccnc2c1)n1cc(OC)c(C2=C(c3nnc(C(F)F)o3)C=CC(C)(Cl)C2)cc1=O. The number of ether oxygens (including phenoxy) is 1. The Bertz CT molecular complexity index is 1760. The summed E-state index contributed by atoms with van der Waals surface area (Å²) < 4.78 is 38.5. The lowest BCUT2D eigenvalue weighted by atomic mass is 9.85. The molecule has 1 N–H and O–H groups in total. The van der Waals surface area contributed by atoms with Crippen molar-refractivity contribution in [1.29, 1.82) is 0 Å². The standard InChI is InChI=1S/C29H27ClF2N6O4/c1-4-5-22(26(40)35-16-6-7-20-21(12-16)34-11-10-33-20)38-15-23(41-3)18(13-24(38)39)19-14-29(2,30)9-8-17(19)27-36-37-28(42-27)25(31)32/h6-13,15,22,25H,4-5,14H2,1-3H3,(H,35,40). The minimum atomic E-state index is -2.94. The lowest BCUT2D eigenvalue weighted by molar-refractivity contribution is -0.119. The van der Waals surface area contributed by atoms with E-state index in [0.29, 0.717) is 46.3 Å². The highest BCUT2D eigenvalue weighted by atomic mass is 35.5. The van der Waals surface area contributed by atoms with E-state index in [0.717, 1.165) is 0 Å². The topological polar surface area (TPSA) is 125 Å². The summed E-state index contributed by atoms with van der Waals surface area (Å²) in [7, 11) is 1.43. The van der Waals surface area contributed by atoms with Gasteiger partial charge >= 0.3 is 6.43 Å². The van der Waals surface area contributed by atoms with Gasteiger partial charge in [-0.05, 0) is 43.5 Å². The first kappa shape index (κ1) is 29.1. The first-order chi connectivity index (χ1) is 20.1. The van der Waals surface area contributed by atoms with Gasteiger partial charge in [0, 0.05) is 35.3 Å². The summed E-state index contributed by atoms with van der Waals surface area (Å²) >= 11 is 6.65. The summed E-state index contributed by atoms with van der Waals surface area (Å²) in [6, 6.07) is 5.66. The van der Waals surface area contributed by atoms with E-state index in [4.69, 9.17) is 20.8 Å². The molecule has 13 heteroatoms. The van der Waals surface area contributed by atoms with Crippen LogP contribution in [0.4, 0.5) is 14.5 Å². The quantitative estimate of drug-likeness (QED) is 0.234. The zero-order valence-corrected chi connectivity index (χ0v) is 23.7. The monoisotopic (exact) mass is 596 g/mol. The number of benzene rings is 1. The molecule has 0 bridgehead atoms. The van der Waals surface area contributed by atoms with E-state index >= 15 is 0 Å². The van der Waals surface area contributed by atoms with E-state index < -0.39 is 34.7 Å². The highest BCUT2D eigenvalue weighted by Gasteiger charge is 2.32. The van der Waals surface area contributed by atoms with Gasteiger partial charge in [0.2, 0.25) is 11.8 Å².